The molecule has 0 aliphatic heterocycles. The van der Waals surface area contributed by atoms with Crippen LogP contribution in [0.15, 0.2) is 188 Å². The van der Waals surface area contributed by atoms with Crippen molar-refractivity contribution in [2.45, 2.75) is 119 Å². The van der Waals surface area contributed by atoms with Gasteiger partial charge in [0, 0.05) is 0 Å². The predicted octanol–water partition coefficient (Wildman–Crippen LogP) is 18.9. The largest absolute Gasteiger partial charge is 0.0842 e. The molecule has 330 valence electrons. The molecule has 2 atom stereocenters. The van der Waals surface area contributed by atoms with Crippen molar-refractivity contribution in [1.82, 2.24) is 0 Å². The molecule has 0 heteroatoms. The van der Waals surface area contributed by atoms with Gasteiger partial charge >= 0.3 is 0 Å². The first kappa shape index (κ1) is 49.0. The molecule has 2 unspecified atom stereocenters. The number of rotatable bonds is 6. The van der Waals surface area contributed by atoms with Gasteiger partial charge < -0.3 is 0 Å². The Bertz CT molecular complexity index is 2500. The third-order valence-electron chi connectivity index (χ3n) is 12.5. The number of benzene rings is 6. The van der Waals surface area contributed by atoms with Gasteiger partial charge in [-0.1, -0.05) is 243 Å². The average molecular weight is 843 g/mol. The van der Waals surface area contributed by atoms with Crippen molar-refractivity contribution >= 4 is 11.6 Å². The van der Waals surface area contributed by atoms with Gasteiger partial charge in [0.05, 0.1) is 5.41 Å². The highest BCUT2D eigenvalue weighted by Gasteiger charge is 2.46. The predicted molar refractivity (Wildman–Crippen MR) is 284 cm³/mol. The molecule has 0 fully saturated rings. The highest BCUT2D eigenvalue weighted by molar-refractivity contribution is 5.88. The van der Waals surface area contributed by atoms with Crippen LogP contribution < -0.4 is 0 Å². The highest BCUT2D eigenvalue weighted by atomic mass is 14.5. The number of hydrogen-bond donors (Lipinski definition) is 0. The van der Waals surface area contributed by atoms with Crippen molar-refractivity contribution in [3.05, 3.63) is 238 Å². The lowest BCUT2D eigenvalue weighted by atomic mass is 9.67. The van der Waals surface area contributed by atoms with E-state index in [1.807, 2.05) is 41.5 Å². The van der Waals surface area contributed by atoms with Crippen LogP contribution in [-0.2, 0) is 11.8 Å². The van der Waals surface area contributed by atoms with E-state index in [0.29, 0.717) is 5.92 Å². The van der Waals surface area contributed by atoms with Crippen LogP contribution in [0.5, 0.6) is 0 Å². The van der Waals surface area contributed by atoms with E-state index in [2.05, 4.69) is 216 Å². The Morgan fingerprint density at radius 1 is 0.531 bits per heavy atom. The van der Waals surface area contributed by atoms with Crippen molar-refractivity contribution < 1.29 is 0 Å². The second-order valence-electron chi connectivity index (χ2n) is 16.4. The zero-order valence-electron chi connectivity index (χ0n) is 40.7. The Kier molecular flexibility index (Phi) is 19.0. The Balaban J connectivity index is 0.000000220. The van der Waals surface area contributed by atoms with Gasteiger partial charge in [-0.15, -0.1) is 0 Å². The quantitative estimate of drug-likeness (QED) is 0.156. The number of fused-ring (bicyclic) bond motifs is 4. The smallest absolute Gasteiger partial charge is 0.0713 e. The molecule has 0 heterocycles. The lowest BCUT2D eigenvalue weighted by Gasteiger charge is -2.34. The third-order valence-corrected chi connectivity index (χ3v) is 12.5. The van der Waals surface area contributed by atoms with Gasteiger partial charge in [-0.3, -0.25) is 0 Å². The van der Waals surface area contributed by atoms with E-state index in [9.17, 15) is 0 Å². The first-order chi connectivity index (χ1) is 31.4. The number of hydrogen-bond acceptors (Lipinski definition) is 0. The summed E-state index contributed by atoms with van der Waals surface area (Å²) in [6, 6.07) is 52.1. The van der Waals surface area contributed by atoms with Gasteiger partial charge in [-0.2, -0.15) is 0 Å². The Hall–Kier alpha value is -5.98. The molecule has 0 amide bonds. The summed E-state index contributed by atoms with van der Waals surface area (Å²) in [5, 5.41) is 0. The summed E-state index contributed by atoms with van der Waals surface area (Å²) in [5.74, 6) is 0.675. The van der Waals surface area contributed by atoms with Crippen molar-refractivity contribution in [3.8, 4) is 22.3 Å². The van der Waals surface area contributed by atoms with Crippen LogP contribution in [0.2, 0.25) is 0 Å². The first-order valence-corrected chi connectivity index (χ1v) is 24.4. The second-order valence-corrected chi connectivity index (χ2v) is 16.4. The standard InChI is InChI=1S/C35H26.C16H20.C7H10.3C2H6/c1-24-14-16-25(17-15-24)26-18-20-30(21-19-26)35(29-10-3-2-4-11-29)33-13-6-5-12-31(33)32-22-27-8-7-9-28(27)23-34(32)35;1-3-13(2)14-9-11-16(12-10-14)15-7-5-4-6-8-15;1-7-5-3-2-4-6-7;3*1-2/h2-7,9-23H,8H2,1H3;4-5,7,9-13H,3,6,8H2,1-2H3;2-3,5H,4,6H2,1H3;3*1-2H3. The number of allylic oxidation sites excluding steroid dienone is 9. The lowest BCUT2D eigenvalue weighted by Crippen LogP contribution is -2.28. The SMILES string of the molecule is CC.CC.CC.CC1=CC=CCC1.CCC(C)c1ccc(C2=CC=CCC2)cc1.Cc1ccc(-c2ccc(C3(c4ccccc4)c4ccccc4-c4cc5c(cc43)C=CC5)cc2)cc1. The molecule has 4 aliphatic rings. The van der Waals surface area contributed by atoms with Gasteiger partial charge in [0.1, 0.15) is 0 Å². The minimum Gasteiger partial charge on any atom is -0.0842 e. The monoisotopic (exact) mass is 843 g/mol. The van der Waals surface area contributed by atoms with Gasteiger partial charge in [0.15, 0.2) is 0 Å². The van der Waals surface area contributed by atoms with Gasteiger partial charge in [-0.25, -0.2) is 0 Å². The van der Waals surface area contributed by atoms with Crippen molar-refractivity contribution in [2.75, 3.05) is 0 Å². The van der Waals surface area contributed by atoms with Gasteiger partial charge in [0.2, 0.25) is 0 Å². The van der Waals surface area contributed by atoms with Crippen LogP contribution in [0.1, 0.15) is 150 Å². The van der Waals surface area contributed by atoms with E-state index < -0.39 is 0 Å². The Morgan fingerprint density at radius 2 is 1.11 bits per heavy atom. The van der Waals surface area contributed by atoms with Crippen LogP contribution in [0.3, 0.4) is 0 Å². The number of aryl methyl sites for hydroxylation is 1. The van der Waals surface area contributed by atoms with Crippen LogP contribution in [0.4, 0.5) is 0 Å². The molecule has 0 nitrogen and oxygen atoms in total. The maximum Gasteiger partial charge on any atom is 0.0713 e. The van der Waals surface area contributed by atoms with E-state index >= 15 is 0 Å². The lowest BCUT2D eigenvalue weighted by molar-refractivity contribution is 0.733. The van der Waals surface area contributed by atoms with E-state index in [1.165, 1.54) is 116 Å². The summed E-state index contributed by atoms with van der Waals surface area (Å²) in [6.45, 7) is 20.8. The summed E-state index contributed by atoms with van der Waals surface area (Å²) in [4.78, 5) is 0. The van der Waals surface area contributed by atoms with E-state index in [-0.39, 0.29) is 5.41 Å². The van der Waals surface area contributed by atoms with Crippen molar-refractivity contribution in [3.63, 3.8) is 0 Å². The normalized spacial score (nSPS) is 16.0. The van der Waals surface area contributed by atoms with Crippen LogP contribution in [0.25, 0.3) is 33.9 Å². The third kappa shape index (κ3) is 11.2. The Morgan fingerprint density at radius 3 is 1.69 bits per heavy atom. The van der Waals surface area contributed by atoms with Crippen LogP contribution in [0, 0.1) is 6.92 Å². The maximum absolute atomic E-state index is 2.45. The van der Waals surface area contributed by atoms with Gasteiger partial charge in [0.25, 0.3) is 0 Å². The summed E-state index contributed by atoms with van der Waals surface area (Å²) >= 11 is 0. The zero-order chi connectivity index (χ0) is 45.9. The molecule has 4 aliphatic carbocycles. The molecule has 6 aromatic carbocycles. The molecule has 0 bridgehead atoms. The molecule has 0 aromatic heterocycles. The first-order valence-electron chi connectivity index (χ1n) is 24.4. The molecule has 64 heavy (non-hydrogen) atoms. The molecule has 0 N–H and O–H groups in total. The fourth-order valence-corrected chi connectivity index (χ4v) is 8.99. The van der Waals surface area contributed by atoms with E-state index in [4.69, 9.17) is 0 Å². The summed E-state index contributed by atoms with van der Waals surface area (Å²) < 4.78 is 0. The fourth-order valence-electron chi connectivity index (χ4n) is 8.99. The molecular formula is C64H74. The topological polar surface area (TPSA) is 0 Å². The van der Waals surface area contributed by atoms with E-state index in [0.717, 1.165) is 6.42 Å². The molecule has 0 saturated heterocycles. The van der Waals surface area contributed by atoms with E-state index in [1.54, 1.807) is 0 Å². The summed E-state index contributed by atoms with van der Waals surface area (Å²) in [5.41, 5.74) is 20.2. The highest BCUT2D eigenvalue weighted by Crippen LogP contribution is 2.57. The molecular weight excluding hydrogens is 769 g/mol. The minimum absolute atomic E-state index is 0.343. The van der Waals surface area contributed by atoms with Crippen LogP contribution in [-0.4, -0.2) is 0 Å². The second kappa shape index (κ2) is 24.8. The minimum atomic E-state index is -0.343. The molecule has 6 aromatic rings. The van der Waals surface area contributed by atoms with Gasteiger partial charge in [-0.05, 0) is 143 Å². The zero-order valence-corrected chi connectivity index (χ0v) is 40.7. The molecule has 10 rings (SSSR count). The molecule has 0 spiro atoms. The summed E-state index contributed by atoms with van der Waals surface area (Å²) in [7, 11) is 0. The molecule has 0 saturated carbocycles. The maximum atomic E-state index is 2.45. The van der Waals surface area contributed by atoms with Crippen molar-refractivity contribution in [2.24, 2.45) is 0 Å². The van der Waals surface area contributed by atoms with Crippen LogP contribution >= 0.6 is 0 Å². The average Bonchev–Trinajstić information content (AvgIpc) is 3.97. The fraction of sp³-hybridized carbons (Fsp3) is 0.281. The van der Waals surface area contributed by atoms with Crippen molar-refractivity contribution in [1.29, 1.82) is 0 Å². The Labute approximate surface area is 388 Å². The molecule has 0 radical (unpaired) electrons. The summed E-state index contributed by atoms with van der Waals surface area (Å²) in [6.07, 6.45) is 24.8.